The Bertz CT molecular complexity index is 1130. The van der Waals surface area contributed by atoms with E-state index in [1.165, 1.54) is 12.0 Å². The molecule has 1 amide bonds. The third-order valence-electron chi connectivity index (χ3n) is 5.63. The number of benzene rings is 2. The highest BCUT2D eigenvalue weighted by molar-refractivity contribution is 6.36. The van der Waals surface area contributed by atoms with Crippen molar-refractivity contribution in [3.63, 3.8) is 0 Å². The molecule has 0 fully saturated rings. The molecule has 0 spiro atoms. The first kappa shape index (κ1) is 23.0. The summed E-state index contributed by atoms with van der Waals surface area (Å²) in [6.07, 6.45) is -4.87. The number of nitrogens with one attached hydrogen (secondary N) is 1. The van der Waals surface area contributed by atoms with Crippen LogP contribution in [0.3, 0.4) is 0 Å². The van der Waals surface area contributed by atoms with Crippen molar-refractivity contribution in [2.24, 2.45) is 0 Å². The number of nitrogens with zero attached hydrogens (tertiary/aromatic N) is 3. The summed E-state index contributed by atoms with van der Waals surface area (Å²) < 4.78 is 47.8. The highest BCUT2D eigenvalue weighted by Gasteiger charge is 2.48. The van der Waals surface area contributed by atoms with Crippen molar-refractivity contribution in [1.82, 2.24) is 14.7 Å². The first-order valence-corrected chi connectivity index (χ1v) is 10.6. The van der Waals surface area contributed by atoms with Gasteiger partial charge in [-0.15, -0.1) is 0 Å². The van der Waals surface area contributed by atoms with Crippen LogP contribution in [0.2, 0.25) is 5.02 Å². The Morgan fingerprint density at radius 1 is 1.21 bits per heavy atom. The number of aromatic nitrogens is 2. The van der Waals surface area contributed by atoms with Gasteiger partial charge in [0.05, 0.1) is 13.2 Å². The van der Waals surface area contributed by atoms with Gasteiger partial charge in [0.15, 0.2) is 11.7 Å². The largest absolute Gasteiger partial charge is 0.497 e. The van der Waals surface area contributed by atoms with E-state index in [0.717, 1.165) is 10.2 Å². The number of ether oxygens (including phenoxy) is 1. The quantitative estimate of drug-likeness (QED) is 0.527. The molecule has 0 saturated carbocycles. The number of hydrogen-bond donors (Lipinski definition) is 1. The Kier molecular flexibility index (Phi) is 6.25. The lowest BCUT2D eigenvalue weighted by molar-refractivity contribution is -0.173. The number of methoxy groups -OCH3 is 1. The van der Waals surface area contributed by atoms with Crippen LogP contribution < -0.4 is 10.1 Å². The molecule has 1 aliphatic heterocycles. The van der Waals surface area contributed by atoms with Crippen molar-refractivity contribution >= 4 is 23.3 Å². The van der Waals surface area contributed by atoms with Crippen molar-refractivity contribution in [1.29, 1.82) is 0 Å². The Hall–Kier alpha value is -3.20. The van der Waals surface area contributed by atoms with E-state index in [1.54, 1.807) is 31.3 Å². The standard InChI is InChI=1S/C23H22ClF3N4O2/c1-30(13-14-6-4-3-5-7-14)22(32)20-19(24)21-28-17(15-8-10-16(33-2)11-9-15)12-18(23(25,26)27)31(21)29-20/h3-11,17-18,28H,12-13H2,1-2H3. The Balaban J connectivity index is 1.66. The van der Waals surface area contributed by atoms with E-state index in [9.17, 15) is 18.0 Å². The number of carbonyl (C=O) groups excluding carboxylic acids is 1. The summed E-state index contributed by atoms with van der Waals surface area (Å²) in [4.78, 5) is 14.4. The van der Waals surface area contributed by atoms with Crippen LogP contribution in [-0.4, -0.2) is 40.9 Å². The molecule has 2 heterocycles. The van der Waals surface area contributed by atoms with Gasteiger partial charge in [0, 0.05) is 20.0 Å². The molecule has 1 aliphatic rings. The summed E-state index contributed by atoms with van der Waals surface area (Å²) in [5, 5.41) is 6.92. The zero-order chi connectivity index (χ0) is 23.8. The van der Waals surface area contributed by atoms with Crippen LogP contribution in [0.15, 0.2) is 54.6 Å². The second-order valence-electron chi connectivity index (χ2n) is 7.87. The van der Waals surface area contributed by atoms with Crippen molar-refractivity contribution in [3.05, 3.63) is 76.4 Å². The second-order valence-corrected chi connectivity index (χ2v) is 8.24. The predicted molar refractivity (Wildman–Crippen MR) is 119 cm³/mol. The first-order chi connectivity index (χ1) is 15.7. The zero-order valence-corrected chi connectivity index (χ0v) is 18.7. The molecule has 0 radical (unpaired) electrons. The lowest BCUT2D eigenvalue weighted by Crippen LogP contribution is -2.36. The molecule has 1 aromatic heterocycles. The van der Waals surface area contributed by atoms with Gasteiger partial charge in [-0.25, -0.2) is 4.68 Å². The number of hydrogen-bond acceptors (Lipinski definition) is 4. The van der Waals surface area contributed by atoms with Gasteiger partial charge in [0.2, 0.25) is 0 Å². The topological polar surface area (TPSA) is 59.4 Å². The molecule has 10 heteroatoms. The van der Waals surface area contributed by atoms with Crippen molar-refractivity contribution in [3.8, 4) is 5.75 Å². The van der Waals surface area contributed by atoms with E-state index < -0.39 is 24.2 Å². The number of carbonyl (C=O) groups is 1. The molecule has 1 N–H and O–H groups in total. The summed E-state index contributed by atoms with van der Waals surface area (Å²) in [5.74, 6) is 0.0105. The fraction of sp³-hybridized carbons (Fsp3) is 0.304. The molecule has 3 aromatic rings. The lowest BCUT2D eigenvalue weighted by Gasteiger charge is -2.33. The molecule has 174 valence electrons. The van der Waals surface area contributed by atoms with Crippen molar-refractivity contribution < 1.29 is 22.7 Å². The van der Waals surface area contributed by atoms with Gasteiger partial charge < -0.3 is 15.0 Å². The first-order valence-electron chi connectivity index (χ1n) is 10.2. The van der Waals surface area contributed by atoms with Gasteiger partial charge in [-0.1, -0.05) is 54.1 Å². The van der Waals surface area contributed by atoms with Crippen LogP contribution in [0.1, 0.15) is 40.1 Å². The third-order valence-corrected chi connectivity index (χ3v) is 5.98. The van der Waals surface area contributed by atoms with Gasteiger partial charge in [-0.3, -0.25) is 4.79 Å². The Morgan fingerprint density at radius 3 is 2.48 bits per heavy atom. The smallest absolute Gasteiger partial charge is 0.410 e. The van der Waals surface area contributed by atoms with Crippen LogP contribution in [0.25, 0.3) is 0 Å². The maximum atomic E-state index is 14.0. The monoisotopic (exact) mass is 478 g/mol. The van der Waals surface area contributed by atoms with Gasteiger partial charge in [0.25, 0.3) is 5.91 Å². The fourth-order valence-corrected chi connectivity index (χ4v) is 4.15. The molecule has 2 unspecified atom stereocenters. The summed E-state index contributed by atoms with van der Waals surface area (Å²) in [6, 6.07) is 13.4. The minimum atomic E-state index is -4.58. The molecule has 0 saturated heterocycles. The van der Waals surface area contributed by atoms with Gasteiger partial charge in [-0.2, -0.15) is 18.3 Å². The maximum absolute atomic E-state index is 14.0. The van der Waals surface area contributed by atoms with Crippen LogP contribution in [0, 0.1) is 0 Å². The number of amides is 1. The summed E-state index contributed by atoms with van der Waals surface area (Å²) in [5.41, 5.74) is 1.30. The highest BCUT2D eigenvalue weighted by Crippen LogP contribution is 2.46. The van der Waals surface area contributed by atoms with Crippen LogP contribution in [0.4, 0.5) is 19.0 Å². The third kappa shape index (κ3) is 4.64. The molecule has 4 rings (SSSR count). The predicted octanol–water partition coefficient (Wildman–Crippen LogP) is 5.48. The number of anilines is 1. The number of rotatable bonds is 5. The van der Waals surface area contributed by atoms with E-state index in [0.29, 0.717) is 11.3 Å². The minimum absolute atomic E-state index is 0.0254. The van der Waals surface area contributed by atoms with E-state index >= 15 is 0 Å². The summed E-state index contributed by atoms with van der Waals surface area (Å²) in [7, 11) is 3.07. The zero-order valence-electron chi connectivity index (χ0n) is 17.9. The van der Waals surface area contributed by atoms with Crippen LogP contribution in [-0.2, 0) is 6.54 Å². The minimum Gasteiger partial charge on any atom is -0.497 e. The molecule has 2 atom stereocenters. The Labute approximate surface area is 193 Å². The summed E-state index contributed by atoms with van der Waals surface area (Å²) in [6.45, 7) is 0.267. The number of fused-ring (bicyclic) bond motifs is 1. The molecular formula is C23H22ClF3N4O2. The SMILES string of the molecule is COc1ccc(C2CC(C(F)(F)F)n3nc(C(=O)N(C)Cc4ccccc4)c(Cl)c3N2)cc1. The van der Waals surface area contributed by atoms with Crippen molar-refractivity contribution in [2.45, 2.75) is 31.2 Å². The number of halogens is 4. The van der Waals surface area contributed by atoms with E-state index in [2.05, 4.69) is 10.4 Å². The lowest BCUT2D eigenvalue weighted by atomic mass is 9.97. The van der Waals surface area contributed by atoms with Gasteiger partial charge >= 0.3 is 6.18 Å². The van der Waals surface area contributed by atoms with E-state index in [1.807, 2.05) is 30.3 Å². The highest BCUT2D eigenvalue weighted by atomic mass is 35.5. The Morgan fingerprint density at radius 2 is 1.88 bits per heavy atom. The maximum Gasteiger partial charge on any atom is 0.410 e. The van der Waals surface area contributed by atoms with Gasteiger partial charge in [-0.05, 0) is 23.3 Å². The molecule has 33 heavy (non-hydrogen) atoms. The van der Waals surface area contributed by atoms with E-state index in [4.69, 9.17) is 16.3 Å². The average molecular weight is 479 g/mol. The molecule has 2 aromatic carbocycles. The molecule has 0 bridgehead atoms. The number of alkyl halides is 3. The molecular weight excluding hydrogens is 457 g/mol. The summed E-state index contributed by atoms with van der Waals surface area (Å²) >= 11 is 6.42. The van der Waals surface area contributed by atoms with Crippen molar-refractivity contribution in [2.75, 3.05) is 19.5 Å². The van der Waals surface area contributed by atoms with E-state index in [-0.39, 0.29) is 29.5 Å². The van der Waals surface area contributed by atoms with Crippen LogP contribution >= 0.6 is 11.6 Å². The average Bonchev–Trinajstić information content (AvgIpc) is 3.14. The normalized spacial score (nSPS) is 17.8. The fourth-order valence-electron chi connectivity index (χ4n) is 3.89. The molecule has 6 nitrogen and oxygen atoms in total. The second kappa shape index (κ2) is 8.97. The van der Waals surface area contributed by atoms with Gasteiger partial charge in [0.1, 0.15) is 16.6 Å². The van der Waals surface area contributed by atoms with Crippen LogP contribution in [0.5, 0.6) is 5.75 Å². The molecule has 0 aliphatic carbocycles.